The fraction of sp³-hybridized carbons (Fsp3) is 0.441. The molecule has 1 atom stereocenters. The van der Waals surface area contributed by atoms with Crippen LogP contribution >= 0.6 is 0 Å². The van der Waals surface area contributed by atoms with Gasteiger partial charge in [0.25, 0.3) is 0 Å². The number of hydrogen-bond donors (Lipinski definition) is 0. The van der Waals surface area contributed by atoms with E-state index in [9.17, 15) is 14.4 Å². The molecule has 0 saturated heterocycles. The highest BCUT2D eigenvalue weighted by Gasteiger charge is 2.19. The molecular formula is C59H84O6. The highest BCUT2D eigenvalue weighted by atomic mass is 16.6. The fourth-order valence-corrected chi connectivity index (χ4v) is 5.57. The highest BCUT2D eigenvalue weighted by molar-refractivity contribution is 5.72. The van der Waals surface area contributed by atoms with Crippen molar-refractivity contribution in [2.75, 3.05) is 13.2 Å². The third-order valence-electron chi connectivity index (χ3n) is 9.11. The van der Waals surface area contributed by atoms with Crippen LogP contribution < -0.4 is 0 Å². The summed E-state index contributed by atoms with van der Waals surface area (Å²) in [7, 11) is 0. The Morgan fingerprint density at radius 1 is 0.338 bits per heavy atom. The van der Waals surface area contributed by atoms with E-state index in [1.165, 1.54) is 0 Å². The summed E-state index contributed by atoms with van der Waals surface area (Å²) in [5.41, 5.74) is 0. The van der Waals surface area contributed by atoms with Gasteiger partial charge in [0.1, 0.15) is 13.2 Å². The number of carbonyl (C=O) groups excluding carboxylic acids is 3. The van der Waals surface area contributed by atoms with E-state index in [0.717, 1.165) is 96.3 Å². The first-order valence-electron chi connectivity index (χ1n) is 24.4. The van der Waals surface area contributed by atoms with Crippen molar-refractivity contribution in [1.29, 1.82) is 0 Å². The second kappa shape index (κ2) is 51.1. The number of ether oxygens (including phenoxy) is 3. The molecule has 0 aromatic rings. The van der Waals surface area contributed by atoms with Gasteiger partial charge in [-0.1, -0.05) is 216 Å². The Balaban J connectivity index is 4.61. The zero-order valence-corrected chi connectivity index (χ0v) is 40.4. The van der Waals surface area contributed by atoms with Gasteiger partial charge in [0.2, 0.25) is 0 Å². The Kier molecular flexibility index (Phi) is 46.8. The number of unbranched alkanes of at least 4 members (excludes halogenated alkanes) is 6. The van der Waals surface area contributed by atoms with Gasteiger partial charge in [-0.2, -0.15) is 0 Å². The second-order valence-electron chi connectivity index (χ2n) is 15.1. The molecule has 0 aromatic carbocycles. The summed E-state index contributed by atoms with van der Waals surface area (Å²) in [5.74, 6) is -1.18. The normalized spacial score (nSPS) is 13.7. The van der Waals surface area contributed by atoms with Crippen molar-refractivity contribution in [2.24, 2.45) is 0 Å². The van der Waals surface area contributed by atoms with Crippen molar-refractivity contribution in [3.63, 3.8) is 0 Å². The zero-order valence-electron chi connectivity index (χ0n) is 40.4. The van der Waals surface area contributed by atoms with Crippen LogP contribution in [0.15, 0.2) is 182 Å². The van der Waals surface area contributed by atoms with Gasteiger partial charge in [-0.25, -0.2) is 0 Å². The maximum Gasteiger partial charge on any atom is 0.309 e. The lowest BCUT2D eigenvalue weighted by Crippen LogP contribution is -2.30. The van der Waals surface area contributed by atoms with E-state index in [1.54, 1.807) is 6.08 Å². The van der Waals surface area contributed by atoms with Gasteiger partial charge in [0.15, 0.2) is 6.10 Å². The van der Waals surface area contributed by atoms with Crippen LogP contribution in [0, 0.1) is 0 Å². The molecule has 0 spiro atoms. The Hall–Kier alpha value is -5.49. The molecule has 0 aliphatic carbocycles. The smallest absolute Gasteiger partial charge is 0.309 e. The maximum atomic E-state index is 12.8. The van der Waals surface area contributed by atoms with E-state index in [0.29, 0.717) is 12.8 Å². The molecule has 6 nitrogen and oxygen atoms in total. The molecule has 0 rings (SSSR count). The van der Waals surface area contributed by atoms with Crippen molar-refractivity contribution < 1.29 is 28.6 Å². The monoisotopic (exact) mass is 889 g/mol. The molecule has 0 aliphatic heterocycles. The molecule has 0 N–H and O–H groups in total. The predicted octanol–water partition coefficient (Wildman–Crippen LogP) is 16.2. The first-order valence-corrected chi connectivity index (χ1v) is 24.4. The van der Waals surface area contributed by atoms with Gasteiger partial charge in [-0.15, -0.1) is 0 Å². The Bertz CT molecular complexity index is 1630. The number of allylic oxidation sites excluding steroid dienone is 29. The van der Waals surface area contributed by atoms with E-state index in [4.69, 9.17) is 14.2 Å². The summed E-state index contributed by atoms with van der Waals surface area (Å²) >= 11 is 0. The van der Waals surface area contributed by atoms with Crippen LogP contribution in [0.25, 0.3) is 0 Å². The van der Waals surface area contributed by atoms with Gasteiger partial charge in [-0.05, 0) is 96.3 Å². The average molecular weight is 889 g/mol. The third kappa shape index (κ3) is 49.4. The lowest BCUT2D eigenvalue weighted by atomic mass is 10.1. The molecule has 0 amide bonds. The molecule has 1 unspecified atom stereocenters. The topological polar surface area (TPSA) is 78.9 Å². The van der Waals surface area contributed by atoms with Crippen molar-refractivity contribution in [1.82, 2.24) is 0 Å². The number of carbonyl (C=O) groups is 3. The molecule has 0 aliphatic rings. The molecule has 6 heteroatoms. The summed E-state index contributed by atoms with van der Waals surface area (Å²) in [6.07, 6.45) is 77.6. The predicted molar refractivity (Wildman–Crippen MR) is 278 cm³/mol. The van der Waals surface area contributed by atoms with Crippen LogP contribution in [-0.2, 0) is 28.6 Å². The molecule has 0 aromatic heterocycles. The van der Waals surface area contributed by atoms with Crippen molar-refractivity contribution >= 4 is 17.9 Å². The highest BCUT2D eigenvalue weighted by Crippen LogP contribution is 2.10. The molecule has 0 fully saturated rings. The summed E-state index contributed by atoms with van der Waals surface area (Å²) in [6.45, 7) is 6.04. The van der Waals surface area contributed by atoms with Crippen molar-refractivity contribution in [3.8, 4) is 0 Å². The minimum absolute atomic E-state index is 0.107. The fourth-order valence-electron chi connectivity index (χ4n) is 5.57. The number of hydrogen-bond acceptors (Lipinski definition) is 6. The van der Waals surface area contributed by atoms with Crippen LogP contribution in [0.3, 0.4) is 0 Å². The number of rotatable bonds is 40. The average Bonchev–Trinajstić information content (AvgIpc) is 3.30. The van der Waals surface area contributed by atoms with E-state index in [-0.39, 0.29) is 44.4 Å². The van der Waals surface area contributed by atoms with E-state index in [1.807, 2.05) is 79.0 Å². The molecule has 356 valence electrons. The van der Waals surface area contributed by atoms with Gasteiger partial charge in [0, 0.05) is 12.8 Å². The number of esters is 3. The first-order chi connectivity index (χ1) is 32.0. The van der Waals surface area contributed by atoms with E-state index in [2.05, 4.69) is 118 Å². The summed E-state index contributed by atoms with van der Waals surface area (Å²) in [5, 5.41) is 0. The molecule has 0 saturated carbocycles. The van der Waals surface area contributed by atoms with Crippen LogP contribution in [0.5, 0.6) is 0 Å². The summed E-state index contributed by atoms with van der Waals surface area (Å²) in [4.78, 5) is 37.8. The Morgan fingerprint density at radius 3 is 1.15 bits per heavy atom. The van der Waals surface area contributed by atoms with Crippen LogP contribution in [-0.4, -0.2) is 37.2 Å². The van der Waals surface area contributed by atoms with Crippen LogP contribution in [0.2, 0.25) is 0 Å². The molecule has 0 heterocycles. The van der Waals surface area contributed by atoms with E-state index < -0.39 is 12.1 Å². The Morgan fingerprint density at radius 2 is 0.692 bits per heavy atom. The van der Waals surface area contributed by atoms with Gasteiger partial charge < -0.3 is 14.2 Å². The lowest BCUT2D eigenvalue weighted by molar-refractivity contribution is -0.166. The van der Waals surface area contributed by atoms with Crippen LogP contribution in [0.1, 0.15) is 149 Å². The van der Waals surface area contributed by atoms with Crippen molar-refractivity contribution in [3.05, 3.63) is 182 Å². The molecule has 65 heavy (non-hydrogen) atoms. The SMILES string of the molecule is CC\C=C/C=C\C=C/C=C\C=C\C=C/C=C\CCCCCC(=O)OCC(COC(=O)C/C=C\C/C=C\C/C=C\CC)OC(=O)CCCCC/C=C\C/C=C\C/C=C\C/C=C\C/C=C\CC. The summed E-state index contributed by atoms with van der Waals surface area (Å²) < 4.78 is 16.6. The molecular weight excluding hydrogens is 805 g/mol. The van der Waals surface area contributed by atoms with E-state index >= 15 is 0 Å². The standard InChI is InChI=1S/C59H84O6/c1-4-7-10-13-16-19-21-23-25-27-29-31-33-35-37-40-43-46-49-52-58(61)64-55-56(54-63-57(60)51-48-45-42-39-18-15-12-9-6-3)65-59(62)53-50-47-44-41-38-36-34-32-30-28-26-24-22-20-17-14-11-8-5-2/h7-13,16-21,23-27,29-33,35-39,45,48,56H,4-6,14-15,22,28,34,40-44,46-47,49-55H2,1-3H3/b10-7-,11-8-,12-9-,16-13-,20-17-,21-19-,25-23-,26-24-,29-27+,32-30-,33-31-,37-35-,38-36-,39-18-,48-45-. The van der Waals surface area contributed by atoms with Gasteiger partial charge in [-0.3, -0.25) is 14.4 Å². The third-order valence-corrected chi connectivity index (χ3v) is 9.11. The first kappa shape index (κ1) is 59.5. The Labute approximate surface area is 395 Å². The summed E-state index contributed by atoms with van der Waals surface area (Å²) in [6, 6.07) is 0. The maximum absolute atomic E-state index is 12.8. The minimum Gasteiger partial charge on any atom is -0.462 e. The van der Waals surface area contributed by atoms with Gasteiger partial charge in [0.05, 0.1) is 6.42 Å². The van der Waals surface area contributed by atoms with Crippen molar-refractivity contribution in [2.45, 2.75) is 155 Å². The quantitative estimate of drug-likeness (QED) is 0.0200. The molecule has 0 radical (unpaired) electrons. The van der Waals surface area contributed by atoms with Gasteiger partial charge >= 0.3 is 17.9 Å². The van der Waals surface area contributed by atoms with Crippen LogP contribution in [0.4, 0.5) is 0 Å². The molecule has 0 bridgehead atoms. The minimum atomic E-state index is -0.860. The zero-order chi connectivity index (χ0) is 47.2. The second-order valence-corrected chi connectivity index (χ2v) is 15.1. The largest absolute Gasteiger partial charge is 0.462 e. The lowest BCUT2D eigenvalue weighted by Gasteiger charge is -2.18.